The van der Waals surface area contributed by atoms with Gasteiger partial charge in [-0.3, -0.25) is 4.79 Å². The topological polar surface area (TPSA) is 35.5 Å². The van der Waals surface area contributed by atoms with E-state index in [0.717, 1.165) is 0 Å². The van der Waals surface area contributed by atoms with E-state index < -0.39 is 5.82 Å². The van der Waals surface area contributed by atoms with Gasteiger partial charge in [-0.15, -0.1) is 0 Å². The number of hydrogen-bond donors (Lipinski definition) is 0. The molecule has 2 rings (SSSR count). The van der Waals surface area contributed by atoms with Gasteiger partial charge in [0.1, 0.15) is 5.75 Å². The van der Waals surface area contributed by atoms with Gasteiger partial charge in [0.25, 0.3) is 0 Å². The predicted molar refractivity (Wildman–Crippen MR) is 81.9 cm³/mol. The van der Waals surface area contributed by atoms with Gasteiger partial charge in [0.2, 0.25) is 0 Å². The maximum absolute atomic E-state index is 13.6. The molecule has 0 spiro atoms. The van der Waals surface area contributed by atoms with E-state index in [4.69, 9.17) is 21.1 Å². The van der Waals surface area contributed by atoms with Gasteiger partial charge in [-0.2, -0.15) is 0 Å². The van der Waals surface area contributed by atoms with Gasteiger partial charge in [0.05, 0.1) is 16.6 Å². The van der Waals surface area contributed by atoms with Gasteiger partial charge < -0.3 is 9.47 Å². The van der Waals surface area contributed by atoms with Crippen LogP contribution in [0.25, 0.3) is 0 Å². The van der Waals surface area contributed by atoms with E-state index >= 15 is 0 Å². The average molecular weight is 374 g/mol. The molecule has 0 unspecified atom stereocenters. The van der Waals surface area contributed by atoms with E-state index in [-0.39, 0.29) is 23.2 Å². The number of rotatable bonds is 5. The van der Waals surface area contributed by atoms with Crippen molar-refractivity contribution in [3.05, 3.63) is 57.3 Å². The summed E-state index contributed by atoms with van der Waals surface area (Å²) < 4.78 is 24.5. The number of carbonyl (C=O) groups is 1. The average Bonchev–Trinajstić information content (AvgIpc) is 2.48. The largest absolute Gasteiger partial charge is 0.496 e. The summed E-state index contributed by atoms with van der Waals surface area (Å²) in [5.41, 5.74) is 0.435. The van der Waals surface area contributed by atoms with Crippen LogP contribution in [0.4, 0.5) is 4.39 Å². The van der Waals surface area contributed by atoms with Crippen molar-refractivity contribution in [2.45, 2.75) is 0 Å². The zero-order valence-corrected chi connectivity index (χ0v) is 13.4. The van der Waals surface area contributed by atoms with Gasteiger partial charge >= 0.3 is 0 Å². The molecule has 110 valence electrons. The van der Waals surface area contributed by atoms with Crippen molar-refractivity contribution in [1.82, 2.24) is 0 Å². The van der Waals surface area contributed by atoms with Crippen molar-refractivity contribution in [3.63, 3.8) is 0 Å². The van der Waals surface area contributed by atoms with E-state index in [1.54, 1.807) is 24.3 Å². The Morgan fingerprint density at radius 2 is 2.05 bits per heavy atom. The number of methoxy groups -OCH3 is 1. The number of hydrogen-bond acceptors (Lipinski definition) is 3. The third-order valence-electron chi connectivity index (χ3n) is 2.75. The summed E-state index contributed by atoms with van der Waals surface area (Å²) in [5, 5.41) is -0.0489. The number of ketones is 1. The summed E-state index contributed by atoms with van der Waals surface area (Å²) >= 11 is 8.94. The maximum Gasteiger partial charge on any atom is 0.200 e. The molecule has 0 bridgehead atoms. The molecule has 0 radical (unpaired) electrons. The van der Waals surface area contributed by atoms with E-state index in [2.05, 4.69) is 15.9 Å². The minimum absolute atomic E-state index is 0.0489. The molecule has 0 N–H and O–H groups in total. The third kappa shape index (κ3) is 3.74. The normalized spacial score (nSPS) is 10.3. The van der Waals surface area contributed by atoms with Crippen LogP contribution in [0, 0.1) is 5.82 Å². The summed E-state index contributed by atoms with van der Waals surface area (Å²) in [6.45, 7) is -0.282. The van der Waals surface area contributed by atoms with E-state index in [9.17, 15) is 9.18 Å². The highest BCUT2D eigenvalue weighted by Gasteiger charge is 2.12. The summed E-state index contributed by atoms with van der Waals surface area (Å²) in [7, 11) is 1.53. The SMILES string of the molecule is COc1ccc(C(=O)COc2cccc(Cl)c2F)cc1Br. The molecule has 0 heterocycles. The molecule has 0 aliphatic rings. The monoisotopic (exact) mass is 372 g/mol. The smallest absolute Gasteiger partial charge is 0.200 e. The Morgan fingerprint density at radius 1 is 1.29 bits per heavy atom. The van der Waals surface area contributed by atoms with Gasteiger partial charge in [0, 0.05) is 5.56 Å². The van der Waals surface area contributed by atoms with Crippen molar-refractivity contribution in [1.29, 1.82) is 0 Å². The first-order valence-electron chi connectivity index (χ1n) is 5.96. The lowest BCUT2D eigenvalue weighted by Gasteiger charge is -2.08. The fourth-order valence-corrected chi connectivity index (χ4v) is 2.37. The van der Waals surface area contributed by atoms with Gasteiger partial charge in [-0.1, -0.05) is 17.7 Å². The van der Waals surface area contributed by atoms with Crippen LogP contribution in [0.5, 0.6) is 11.5 Å². The first-order chi connectivity index (χ1) is 10.0. The van der Waals surface area contributed by atoms with Gasteiger partial charge in [0.15, 0.2) is 24.0 Å². The highest BCUT2D eigenvalue weighted by molar-refractivity contribution is 9.10. The second kappa shape index (κ2) is 6.91. The third-order valence-corrected chi connectivity index (χ3v) is 3.66. The molecular weight excluding hydrogens is 363 g/mol. The lowest BCUT2D eigenvalue weighted by Crippen LogP contribution is -2.12. The van der Waals surface area contributed by atoms with Crippen LogP contribution in [0.3, 0.4) is 0 Å². The second-order valence-corrected chi connectivity index (χ2v) is 5.37. The number of halogens is 3. The van der Waals surface area contributed by atoms with Crippen molar-refractivity contribution in [3.8, 4) is 11.5 Å². The first-order valence-corrected chi connectivity index (χ1v) is 7.13. The lowest BCUT2D eigenvalue weighted by molar-refractivity contribution is 0.0918. The van der Waals surface area contributed by atoms with Crippen molar-refractivity contribution < 1.29 is 18.7 Å². The molecule has 0 aliphatic carbocycles. The molecule has 0 amide bonds. The molecule has 2 aromatic rings. The van der Waals surface area contributed by atoms with Crippen LogP contribution in [0.15, 0.2) is 40.9 Å². The Hall–Kier alpha value is -1.59. The maximum atomic E-state index is 13.6. The van der Waals surface area contributed by atoms with Crippen LogP contribution in [0.1, 0.15) is 10.4 Å². The van der Waals surface area contributed by atoms with E-state index in [1.807, 2.05) is 0 Å². The molecule has 6 heteroatoms. The van der Waals surface area contributed by atoms with E-state index in [0.29, 0.717) is 15.8 Å². The molecule has 0 fully saturated rings. The van der Waals surface area contributed by atoms with Crippen molar-refractivity contribution in [2.75, 3.05) is 13.7 Å². The second-order valence-electron chi connectivity index (χ2n) is 4.11. The zero-order valence-electron chi connectivity index (χ0n) is 11.0. The standard InChI is InChI=1S/C15H11BrClFO3/c1-20-13-6-5-9(7-10(13)16)12(19)8-21-14-4-2-3-11(17)15(14)18/h2-7H,8H2,1H3. The molecule has 3 nitrogen and oxygen atoms in total. The summed E-state index contributed by atoms with van der Waals surface area (Å²) in [6, 6.07) is 9.28. The molecule has 0 saturated heterocycles. The number of carbonyl (C=O) groups excluding carboxylic acids is 1. The number of ether oxygens (including phenoxy) is 2. The molecular formula is C15H11BrClFO3. The fraction of sp³-hybridized carbons (Fsp3) is 0.133. The van der Waals surface area contributed by atoms with Crippen LogP contribution < -0.4 is 9.47 Å². The molecule has 2 aromatic carbocycles. The number of benzene rings is 2. The molecule has 0 aliphatic heterocycles. The minimum atomic E-state index is -0.678. The van der Waals surface area contributed by atoms with Crippen molar-refractivity contribution in [2.24, 2.45) is 0 Å². The molecule has 0 aromatic heterocycles. The Morgan fingerprint density at radius 3 is 2.71 bits per heavy atom. The van der Waals surface area contributed by atoms with Crippen LogP contribution in [-0.4, -0.2) is 19.5 Å². The molecule has 0 saturated carbocycles. The van der Waals surface area contributed by atoms with Gasteiger partial charge in [-0.25, -0.2) is 4.39 Å². The van der Waals surface area contributed by atoms with Crippen molar-refractivity contribution >= 4 is 33.3 Å². The predicted octanol–water partition coefficient (Wildman–Crippen LogP) is 4.51. The van der Waals surface area contributed by atoms with Crippen LogP contribution in [0.2, 0.25) is 5.02 Å². The summed E-state index contributed by atoms with van der Waals surface area (Å²) in [4.78, 5) is 12.0. The molecule has 0 atom stereocenters. The lowest BCUT2D eigenvalue weighted by atomic mass is 10.1. The van der Waals surface area contributed by atoms with Crippen LogP contribution in [-0.2, 0) is 0 Å². The Kier molecular flexibility index (Phi) is 5.20. The summed E-state index contributed by atoms with van der Waals surface area (Å²) in [5.74, 6) is -0.391. The highest BCUT2D eigenvalue weighted by Crippen LogP contribution is 2.26. The summed E-state index contributed by atoms with van der Waals surface area (Å²) in [6.07, 6.45) is 0. The zero-order chi connectivity index (χ0) is 15.4. The van der Waals surface area contributed by atoms with Gasteiger partial charge in [-0.05, 0) is 46.3 Å². The van der Waals surface area contributed by atoms with Crippen LogP contribution >= 0.6 is 27.5 Å². The first kappa shape index (κ1) is 15.8. The highest BCUT2D eigenvalue weighted by atomic mass is 79.9. The fourth-order valence-electron chi connectivity index (χ4n) is 1.66. The Labute approximate surface area is 134 Å². The Balaban J connectivity index is 2.08. The quantitative estimate of drug-likeness (QED) is 0.723. The Bertz CT molecular complexity index is 676. The molecule has 21 heavy (non-hydrogen) atoms. The van der Waals surface area contributed by atoms with E-state index in [1.165, 1.54) is 19.2 Å². The number of Topliss-reactive ketones (excluding diaryl/α,β-unsaturated/α-hetero) is 1. The minimum Gasteiger partial charge on any atom is -0.496 e.